The summed E-state index contributed by atoms with van der Waals surface area (Å²) < 4.78 is 40.2. The van der Waals surface area contributed by atoms with E-state index in [0.29, 0.717) is 0 Å². The Labute approximate surface area is 216 Å². The van der Waals surface area contributed by atoms with Crippen molar-refractivity contribution in [3.8, 4) is 12.1 Å². The van der Waals surface area contributed by atoms with Gasteiger partial charge in [0.15, 0.2) is 5.78 Å². The summed E-state index contributed by atoms with van der Waals surface area (Å²) in [7, 11) is 1.39. The fraction of sp³-hybridized carbons (Fsp3) is 0.296. The van der Waals surface area contributed by atoms with E-state index in [0.717, 1.165) is 17.0 Å². The van der Waals surface area contributed by atoms with Crippen molar-refractivity contribution in [3.05, 3.63) is 76.0 Å². The second-order valence-electron chi connectivity index (χ2n) is 9.57. The lowest BCUT2D eigenvalue weighted by Crippen LogP contribution is -2.49. The monoisotopic (exact) mass is 521 g/mol. The van der Waals surface area contributed by atoms with Crippen molar-refractivity contribution in [3.63, 3.8) is 0 Å². The zero-order chi connectivity index (χ0) is 28.0. The van der Waals surface area contributed by atoms with Crippen molar-refractivity contribution in [2.45, 2.75) is 44.4 Å². The molecule has 0 bridgehead atoms. The van der Waals surface area contributed by atoms with Crippen LogP contribution in [0.15, 0.2) is 53.7 Å². The van der Waals surface area contributed by atoms with Gasteiger partial charge in [-0.1, -0.05) is 12.1 Å². The van der Waals surface area contributed by atoms with Gasteiger partial charge in [0.25, 0.3) is 5.91 Å². The van der Waals surface area contributed by atoms with Crippen molar-refractivity contribution in [1.29, 1.82) is 10.5 Å². The number of anilines is 1. The molecule has 1 aliphatic heterocycles. The quantitative estimate of drug-likeness (QED) is 0.618. The molecule has 0 saturated heterocycles. The Morgan fingerprint density at radius 3 is 2.42 bits per heavy atom. The second kappa shape index (κ2) is 9.34. The van der Waals surface area contributed by atoms with Gasteiger partial charge in [0.1, 0.15) is 5.54 Å². The van der Waals surface area contributed by atoms with E-state index in [-0.39, 0.29) is 52.3 Å². The van der Waals surface area contributed by atoms with E-state index in [4.69, 9.17) is 0 Å². The molecule has 1 atom stereocenters. The topological polar surface area (TPSA) is 117 Å². The maximum absolute atomic E-state index is 13.6. The number of hydrogen-bond donors (Lipinski definition) is 1. The molecule has 0 radical (unpaired) electrons. The summed E-state index contributed by atoms with van der Waals surface area (Å²) in [6.07, 6.45) is -4.47. The molecule has 1 N–H and O–H groups in total. The smallest absolute Gasteiger partial charge is 0.334 e. The van der Waals surface area contributed by atoms with Crippen LogP contribution >= 0.6 is 0 Å². The molecule has 38 heavy (non-hydrogen) atoms. The van der Waals surface area contributed by atoms with Crippen molar-refractivity contribution in [2.24, 2.45) is 0 Å². The zero-order valence-corrected chi connectivity index (χ0v) is 20.7. The Bertz CT molecular complexity index is 1480. The number of likely N-dealkylation sites (N-methyl/N-ethyl adjacent to an activating group) is 1. The largest absolute Gasteiger partial charge is 0.416 e. The van der Waals surface area contributed by atoms with E-state index >= 15 is 0 Å². The van der Waals surface area contributed by atoms with Crippen molar-refractivity contribution < 1.29 is 27.6 Å². The number of amides is 3. The molecule has 0 saturated carbocycles. The van der Waals surface area contributed by atoms with Gasteiger partial charge in [0.2, 0.25) is 0 Å². The highest BCUT2D eigenvalue weighted by molar-refractivity contribution is 6.09. The third-order valence-corrected chi connectivity index (χ3v) is 6.48. The summed E-state index contributed by atoms with van der Waals surface area (Å²) in [5.74, 6) is -0.994. The van der Waals surface area contributed by atoms with E-state index in [1.54, 1.807) is 0 Å². The van der Waals surface area contributed by atoms with Gasteiger partial charge in [-0.15, -0.1) is 0 Å². The predicted octanol–water partition coefficient (Wildman–Crippen LogP) is 4.84. The molecule has 0 fully saturated rings. The summed E-state index contributed by atoms with van der Waals surface area (Å²) in [6.45, 7) is 2.98. The van der Waals surface area contributed by atoms with Gasteiger partial charge in [0.05, 0.1) is 35.0 Å². The fourth-order valence-corrected chi connectivity index (χ4v) is 4.67. The molecule has 0 aromatic heterocycles. The average Bonchev–Trinajstić information content (AvgIpc) is 3.24. The highest BCUT2D eigenvalue weighted by Gasteiger charge is 2.46. The third kappa shape index (κ3) is 4.59. The molecule has 8 nitrogen and oxygen atoms in total. The summed E-state index contributed by atoms with van der Waals surface area (Å²) in [5, 5.41) is 21.3. The van der Waals surface area contributed by atoms with E-state index in [9.17, 15) is 38.1 Å². The number of urea groups is 1. The SMILES string of the molecule is CN1C(=O)N(c2cccc(C(F)(F)F)c2)C2=C(C(=O)CC2)C1c1ccc(C#N)cc1C(=O)NC(C)(C)C#N. The summed E-state index contributed by atoms with van der Waals surface area (Å²) in [4.78, 5) is 42.3. The number of nitrogens with zero attached hydrogens (tertiary/aromatic N) is 4. The number of ketones is 1. The number of nitriles is 2. The van der Waals surface area contributed by atoms with E-state index in [1.165, 1.54) is 56.1 Å². The summed E-state index contributed by atoms with van der Waals surface area (Å²) in [6, 6.07) is 10.7. The first-order valence-electron chi connectivity index (χ1n) is 11.6. The van der Waals surface area contributed by atoms with Gasteiger partial charge in [-0.2, -0.15) is 23.7 Å². The number of carbonyl (C=O) groups is 3. The number of benzene rings is 2. The van der Waals surface area contributed by atoms with Gasteiger partial charge in [0, 0.05) is 30.3 Å². The normalized spacial score (nSPS) is 17.7. The van der Waals surface area contributed by atoms with Crippen molar-refractivity contribution in [2.75, 3.05) is 11.9 Å². The van der Waals surface area contributed by atoms with Crippen LogP contribution in [-0.4, -0.2) is 35.2 Å². The van der Waals surface area contributed by atoms with Gasteiger partial charge >= 0.3 is 12.2 Å². The minimum Gasteiger partial charge on any atom is -0.334 e. The number of rotatable bonds is 4. The molecular formula is C27H22F3N5O3. The van der Waals surface area contributed by atoms with E-state index in [1.807, 2.05) is 12.1 Å². The number of Topliss-reactive ketones (excluding diaryl/α,β-unsaturated/α-hetero) is 1. The molecule has 2 aromatic carbocycles. The minimum atomic E-state index is -4.63. The number of allylic oxidation sites excluding steroid dienone is 1. The maximum Gasteiger partial charge on any atom is 0.416 e. The van der Waals surface area contributed by atoms with Crippen LogP contribution in [0.2, 0.25) is 0 Å². The van der Waals surface area contributed by atoms with Crippen molar-refractivity contribution in [1.82, 2.24) is 10.2 Å². The number of carbonyl (C=O) groups excluding carboxylic acids is 3. The van der Waals surface area contributed by atoms with Crippen LogP contribution in [0, 0.1) is 22.7 Å². The Morgan fingerprint density at radius 1 is 1.08 bits per heavy atom. The molecule has 1 unspecified atom stereocenters. The molecule has 3 amide bonds. The van der Waals surface area contributed by atoms with Crippen molar-refractivity contribution >= 4 is 23.4 Å². The first-order chi connectivity index (χ1) is 17.8. The number of halogens is 3. The first kappa shape index (κ1) is 26.4. The molecule has 2 aliphatic rings. The summed E-state index contributed by atoms with van der Waals surface area (Å²) in [5.41, 5.74) is -1.39. The summed E-state index contributed by atoms with van der Waals surface area (Å²) >= 11 is 0. The van der Waals surface area contributed by atoms with Crippen LogP contribution in [0.25, 0.3) is 0 Å². The first-order valence-corrected chi connectivity index (χ1v) is 11.6. The standard InChI is InChI=1S/C27H22F3N5O3/c1-26(2,14-32)33-24(37)19-11-15(13-31)7-8-18(19)23-22-20(9-10-21(22)36)35(25(38)34(23)3)17-6-4-5-16(12-17)27(28,29)30/h4-8,11-12,23H,9-10H2,1-3H3,(H,33,37). The van der Waals surface area contributed by atoms with Crippen LogP contribution < -0.4 is 10.2 Å². The Morgan fingerprint density at radius 2 is 1.79 bits per heavy atom. The Balaban J connectivity index is 1.89. The predicted molar refractivity (Wildman–Crippen MR) is 129 cm³/mol. The number of alkyl halides is 3. The molecule has 2 aromatic rings. The fourth-order valence-electron chi connectivity index (χ4n) is 4.67. The molecule has 0 spiro atoms. The number of hydrogen-bond acceptors (Lipinski definition) is 5. The number of nitrogens with one attached hydrogen (secondary N) is 1. The molecule has 1 heterocycles. The second-order valence-corrected chi connectivity index (χ2v) is 9.57. The molecule has 11 heteroatoms. The Hall–Kier alpha value is -4.64. The lowest BCUT2D eigenvalue weighted by Gasteiger charge is -2.41. The van der Waals surface area contributed by atoms with Crippen LogP contribution in [0.3, 0.4) is 0 Å². The maximum atomic E-state index is 13.6. The van der Waals surface area contributed by atoms with Gasteiger partial charge < -0.3 is 10.2 Å². The molecule has 1 aliphatic carbocycles. The Kier molecular flexibility index (Phi) is 6.50. The zero-order valence-electron chi connectivity index (χ0n) is 20.7. The highest BCUT2D eigenvalue weighted by atomic mass is 19.4. The lowest BCUT2D eigenvalue weighted by molar-refractivity contribution is -0.137. The van der Waals surface area contributed by atoms with Crippen LogP contribution in [0.1, 0.15) is 59.8 Å². The lowest BCUT2D eigenvalue weighted by atomic mass is 9.88. The van der Waals surface area contributed by atoms with Gasteiger partial charge in [-0.25, -0.2) is 4.79 Å². The van der Waals surface area contributed by atoms with E-state index in [2.05, 4.69) is 5.32 Å². The van der Waals surface area contributed by atoms with Crippen LogP contribution in [0.5, 0.6) is 0 Å². The molecule has 194 valence electrons. The third-order valence-electron chi connectivity index (χ3n) is 6.48. The molecular weight excluding hydrogens is 499 g/mol. The van der Waals surface area contributed by atoms with Gasteiger partial charge in [-0.05, 0) is 56.2 Å². The van der Waals surface area contributed by atoms with E-state index < -0.39 is 35.3 Å². The minimum absolute atomic E-state index is 0.00362. The van der Waals surface area contributed by atoms with Gasteiger partial charge in [-0.3, -0.25) is 14.5 Å². The highest BCUT2D eigenvalue weighted by Crippen LogP contribution is 2.45. The van der Waals surface area contributed by atoms with Crippen LogP contribution in [-0.2, 0) is 11.0 Å². The molecule has 4 rings (SSSR count). The van der Waals surface area contributed by atoms with Crippen LogP contribution in [0.4, 0.5) is 23.7 Å². The average molecular weight is 521 g/mol.